The van der Waals surface area contributed by atoms with Crippen molar-refractivity contribution in [2.24, 2.45) is 5.92 Å². The molecule has 0 N–H and O–H groups in total. The molecule has 2 amide bonds. The van der Waals surface area contributed by atoms with Crippen LogP contribution in [-0.2, 0) is 9.53 Å². The van der Waals surface area contributed by atoms with Gasteiger partial charge in [-0.1, -0.05) is 11.6 Å². The number of morpholine rings is 1. The maximum Gasteiger partial charge on any atom is 0.282 e. The van der Waals surface area contributed by atoms with Crippen LogP contribution in [0.3, 0.4) is 0 Å². The van der Waals surface area contributed by atoms with Crippen molar-refractivity contribution < 1.29 is 19.2 Å². The van der Waals surface area contributed by atoms with Gasteiger partial charge >= 0.3 is 0 Å². The van der Waals surface area contributed by atoms with Crippen LogP contribution in [0.5, 0.6) is 0 Å². The highest BCUT2D eigenvalue weighted by molar-refractivity contribution is 6.31. The van der Waals surface area contributed by atoms with Crippen molar-refractivity contribution in [3.05, 3.63) is 38.9 Å². The number of nitro benzene ring substituents is 1. The lowest BCUT2D eigenvalue weighted by Gasteiger charge is -2.35. The zero-order valence-electron chi connectivity index (χ0n) is 14.2. The summed E-state index contributed by atoms with van der Waals surface area (Å²) in [5.41, 5.74) is -0.272. The Morgan fingerprint density at radius 3 is 2.38 bits per heavy atom. The van der Waals surface area contributed by atoms with E-state index in [1.54, 1.807) is 4.90 Å². The van der Waals surface area contributed by atoms with Gasteiger partial charge in [-0.05, 0) is 25.0 Å². The van der Waals surface area contributed by atoms with Crippen LogP contribution in [0, 0.1) is 16.0 Å². The van der Waals surface area contributed by atoms with Crippen molar-refractivity contribution in [2.75, 3.05) is 39.4 Å². The summed E-state index contributed by atoms with van der Waals surface area (Å²) in [5, 5.41) is 11.4. The van der Waals surface area contributed by atoms with Crippen LogP contribution in [0.25, 0.3) is 0 Å². The number of carbonyl (C=O) groups is 2. The number of halogens is 1. The van der Waals surface area contributed by atoms with E-state index >= 15 is 0 Å². The standard InChI is InChI=1S/C17H20ClN3O5/c18-13-1-2-15(21(24)25)14(11-13)17(23)19-5-3-12(4-6-19)16(22)20-7-9-26-10-8-20/h1-2,11-12H,3-10H2. The normalized spacial score (nSPS) is 18.7. The topological polar surface area (TPSA) is 93.0 Å². The Bertz CT molecular complexity index is 712. The predicted octanol–water partition coefficient (Wildman–Crippen LogP) is 1.96. The van der Waals surface area contributed by atoms with Gasteiger partial charge in [0, 0.05) is 43.2 Å². The van der Waals surface area contributed by atoms with Gasteiger partial charge in [-0.25, -0.2) is 0 Å². The van der Waals surface area contributed by atoms with Gasteiger partial charge in [-0.3, -0.25) is 19.7 Å². The molecule has 1 aromatic rings. The molecule has 0 saturated carbocycles. The number of ether oxygens (including phenoxy) is 1. The number of hydrogen-bond donors (Lipinski definition) is 0. The highest BCUT2D eigenvalue weighted by Crippen LogP contribution is 2.27. The Balaban J connectivity index is 1.64. The molecule has 3 rings (SSSR count). The van der Waals surface area contributed by atoms with E-state index in [1.807, 2.05) is 4.90 Å². The minimum absolute atomic E-state index is 0.0135. The second-order valence-electron chi connectivity index (χ2n) is 6.42. The average Bonchev–Trinajstić information content (AvgIpc) is 2.67. The van der Waals surface area contributed by atoms with Crippen LogP contribution in [0.2, 0.25) is 5.02 Å². The summed E-state index contributed by atoms with van der Waals surface area (Å²) in [6.07, 6.45) is 1.10. The Morgan fingerprint density at radius 2 is 1.77 bits per heavy atom. The van der Waals surface area contributed by atoms with E-state index in [4.69, 9.17) is 16.3 Å². The van der Waals surface area contributed by atoms with Crippen LogP contribution in [0.4, 0.5) is 5.69 Å². The first-order valence-electron chi connectivity index (χ1n) is 8.57. The number of likely N-dealkylation sites (tertiary alicyclic amines) is 1. The van der Waals surface area contributed by atoms with E-state index in [1.165, 1.54) is 18.2 Å². The van der Waals surface area contributed by atoms with Crippen molar-refractivity contribution in [1.29, 1.82) is 0 Å². The lowest BCUT2D eigenvalue weighted by molar-refractivity contribution is -0.385. The van der Waals surface area contributed by atoms with Crippen molar-refractivity contribution in [1.82, 2.24) is 9.80 Å². The summed E-state index contributed by atoms with van der Waals surface area (Å²) in [4.78, 5) is 39.2. The van der Waals surface area contributed by atoms with Crippen molar-refractivity contribution >= 4 is 29.1 Å². The molecule has 9 heteroatoms. The predicted molar refractivity (Wildman–Crippen MR) is 94.1 cm³/mol. The molecular formula is C17H20ClN3O5. The van der Waals surface area contributed by atoms with Gasteiger partial charge in [-0.15, -0.1) is 0 Å². The summed E-state index contributed by atoms with van der Waals surface area (Å²) in [5.74, 6) is -0.433. The van der Waals surface area contributed by atoms with E-state index in [2.05, 4.69) is 0 Å². The van der Waals surface area contributed by atoms with E-state index in [9.17, 15) is 19.7 Å². The number of benzene rings is 1. The smallest absolute Gasteiger partial charge is 0.282 e. The van der Waals surface area contributed by atoms with E-state index in [0.29, 0.717) is 52.2 Å². The first-order valence-corrected chi connectivity index (χ1v) is 8.95. The van der Waals surface area contributed by atoms with Gasteiger partial charge in [0.1, 0.15) is 5.56 Å². The molecular weight excluding hydrogens is 362 g/mol. The molecule has 2 aliphatic rings. The second kappa shape index (κ2) is 8.01. The molecule has 140 valence electrons. The summed E-state index contributed by atoms with van der Waals surface area (Å²) in [6.45, 7) is 3.11. The number of amides is 2. The third-order valence-corrected chi connectivity index (χ3v) is 5.07. The van der Waals surface area contributed by atoms with E-state index in [0.717, 1.165) is 0 Å². The van der Waals surface area contributed by atoms with Crippen LogP contribution in [-0.4, -0.2) is 65.9 Å². The van der Waals surface area contributed by atoms with Gasteiger partial charge in [0.15, 0.2) is 0 Å². The largest absolute Gasteiger partial charge is 0.378 e. The Kier molecular flexibility index (Phi) is 5.73. The number of carbonyl (C=O) groups excluding carboxylic acids is 2. The van der Waals surface area contributed by atoms with E-state index in [-0.39, 0.29) is 28.1 Å². The molecule has 2 heterocycles. The van der Waals surface area contributed by atoms with Gasteiger partial charge in [-0.2, -0.15) is 0 Å². The van der Waals surface area contributed by atoms with Crippen molar-refractivity contribution in [3.63, 3.8) is 0 Å². The quantitative estimate of drug-likeness (QED) is 0.589. The Morgan fingerprint density at radius 1 is 1.12 bits per heavy atom. The molecule has 2 aliphatic heterocycles. The summed E-state index contributed by atoms with van der Waals surface area (Å²) >= 11 is 5.90. The fourth-order valence-electron chi connectivity index (χ4n) is 3.38. The average molecular weight is 382 g/mol. The fraction of sp³-hybridized carbons (Fsp3) is 0.529. The molecule has 1 aromatic carbocycles. The minimum Gasteiger partial charge on any atom is -0.378 e. The molecule has 0 atom stereocenters. The van der Waals surface area contributed by atoms with Gasteiger partial charge in [0.2, 0.25) is 5.91 Å². The monoisotopic (exact) mass is 381 g/mol. The Hall–Kier alpha value is -2.19. The van der Waals surface area contributed by atoms with Crippen molar-refractivity contribution in [3.8, 4) is 0 Å². The number of piperidine rings is 1. The second-order valence-corrected chi connectivity index (χ2v) is 6.86. The number of hydrogen-bond acceptors (Lipinski definition) is 5. The summed E-state index contributed by atoms with van der Waals surface area (Å²) < 4.78 is 5.26. The van der Waals surface area contributed by atoms with Crippen LogP contribution in [0.15, 0.2) is 18.2 Å². The van der Waals surface area contributed by atoms with Gasteiger partial charge in [0.25, 0.3) is 11.6 Å². The molecule has 0 aliphatic carbocycles. The highest BCUT2D eigenvalue weighted by Gasteiger charge is 2.33. The maximum atomic E-state index is 12.7. The molecule has 0 spiro atoms. The minimum atomic E-state index is -0.585. The zero-order chi connectivity index (χ0) is 18.7. The number of nitro groups is 1. The van der Waals surface area contributed by atoms with Crippen molar-refractivity contribution in [2.45, 2.75) is 12.8 Å². The van der Waals surface area contributed by atoms with Crippen LogP contribution >= 0.6 is 11.6 Å². The molecule has 26 heavy (non-hydrogen) atoms. The molecule has 0 unspecified atom stereocenters. The highest BCUT2D eigenvalue weighted by atomic mass is 35.5. The SMILES string of the molecule is O=C(c1cc(Cl)ccc1[N+](=O)[O-])N1CCC(C(=O)N2CCOCC2)CC1. The molecule has 0 bridgehead atoms. The summed E-state index contributed by atoms with van der Waals surface area (Å²) in [7, 11) is 0. The van der Waals surface area contributed by atoms with E-state index < -0.39 is 10.8 Å². The summed E-state index contributed by atoms with van der Waals surface area (Å²) in [6, 6.07) is 3.96. The number of nitrogens with zero attached hydrogens (tertiary/aromatic N) is 3. The third-order valence-electron chi connectivity index (χ3n) is 4.84. The zero-order valence-corrected chi connectivity index (χ0v) is 15.0. The first-order chi connectivity index (χ1) is 12.5. The maximum absolute atomic E-state index is 12.7. The molecule has 0 aromatic heterocycles. The third kappa shape index (κ3) is 3.96. The Labute approximate surface area is 155 Å². The number of rotatable bonds is 3. The molecule has 2 fully saturated rings. The first kappa shape index (κ1) is 18.6. The van der Waals surface area contributed by atoms with Gasteiger partial charge < -0.3 is 14.5 Å². The molecule has 2 saturated heterocycles. The van der Waals surface area contributed by atoms with Gasteiger partial charge in [0.05, 0.1) is 18.1 Å². The van der Waals surface area contributed by atoms with Crippen LogP contribution in [0.1, 0.15) is 23.2 Å². The molecule has 8 nitrogen and oxygen atoms in total. The fourth-order valence-corrected chi connectivity index (χ4v) is 3.55. The lowest BCUT2D eigenvalue weighted by atomic mass is 9.94. The molecule has 0 radical (unpaired) electrons. The van der Waals surface area contributed by atoms with Crippen LogP contribution < -0.4 is 0 Å². The lowest BCUT2D eigenvalue weighted by Crippen LogP contribution is -2.47.